The number of carbonyl (C=O) groups excluding carboxylic acids is 3. The van der Waals surface area contributed by atoms with Gasteiger partial charge in [0.2, 0.25) is 11.7 Å². The number of para-hydroxylation sites is 1. The molecule has 8 nitrogen and oxygen atoms in total. The highest BCUT2D eigenvalue weighted by atomic mass is 35.5. The monoisotopic (exact) mass is 420 g/mol. The van der Waals surface area contributed by atoms with E-state index in [-0.39, 0.29) is 21.4 Å². The van der Waals surface area contributed by atoms with Crippen molar-refractivity contribution in [2.75, 3.05) is 5.75 Å². The van der Waals surface area contributed by atoms with Crippen molar-refractivity contribution in [3.63, 3.8) is 0 Å². The minimum Gasteiger partial charge on any atom is -0.450 e. The van der Waals surface area contributed by atoms with Gasteiger partial charge in [-0.1, -0.05) is 29.8 Å². The molecule has 0 atom stereocenters. The van der Waals surface area contributed by atoms with Crippen LogP contribution in [0.5, 0.6) is 0 Å². The summed E-state index contributed by atoms with van der Waals surface area (Å²) in [5.74, 6) is -4.45. The second-order valence-corrected chi connectivity index (χ2v) is 8.18. The Morgan fingerprint density at radius 1 is 1.04 bits per heavy atom. The predicted molar refractivity (Wildman–Crippen MR) is 101 cm³/mol. The Hall–Kier alpha value is -3.17. The van der Waals surface area contributed by atoms with Gasteiger partial charge in [0.15, 0.2) is 9.84 Å². The summed E-state index contributed by atoms with van der Waals surface area (Å²) in [6.45, 7) is 0. The molecule has 1 heterocycles. The lowest BCUT2D eigenvalue weighted by Gasteiger charge is -2.06. The van der Waals surface area contributed by atoms with E-state index in [1.54, 1.807) is 12.1 Å². The number of carbonyl (C=O) groups is 3. The minimum atomic E-state index is -4.00. The molecule has 0 bridgehead atoms. The standard InChI is InChI=1S/C18H13ClN2O6S/c19-10-5-7-11(8-6-10)28(25,26)9-14(22)21-18(24)15-12-3-1-2-4-13(12)27-16(15)17(20)23/h1-8H,9H2,(H2,20,23)(H,21,22,24). The average molecular weight is 421 g/mol. The number of amides is 3. The third-order valence-electron chi connectivity index (χ3n) is 3.79. The molecule has 0 unspecified atom stereocenters. The summed E-state index contributed by atoms with van der Waals surface area (Å²) in [5, 5.41) is 2.56. The van der Waals surface area contributed by atoms with Crippen molar-refractivity contribution in [1.29, 1.82) is 0 Å². The van der Waals surface area contributed by atoms with Gasteiger partial charge in [-0.2, -0.15) is 0 Å². The van der Waals surface area contributed by atoms with E-state index in [1.807, 2.05) is 5.32 Å². The van der Waals surface area contributed by atoms with Crippen LogP contribution < -0.4 is 11.1 Å². The Morgan fingerprint density at radius 2 is 1.68 bits per heavy atom. The van der Waals surface area contributed by atoms with Crippen molar-refractivity contribution in [3.8, 4) is 0 Å². The van der Waals surface area contributed by atoms with Gasteiger partial charge < -0.3 is 10.2 Å². The van der Waals surface area contributed by atoms with Crippen LogP contribution >= 0.6 is 11.6 Å². The van der Waals surface area contributed by atoms with Gasteiger partial charge in [-0.3, -0.25) is 19.7 Å². The lowest BCUT2D eigenvalue weighted by atomic mass is 10.1. The molecule has 0 fully saturated rings. The number of sulfone groups is 1. The molecule has 0 spiro atoms. The molecule has 144 valence electrons. The Balaban J connectivity index is 1.84. The fourth-order valence-corrected chi connectivity index (χ4v) is 3.83. The first kappa shape index (κ1) is 19.6. The molecule has 3 aromatic rings. The lowest BCUT2D eigenvalue weighted by Crippen LogP contribution is -2.36. The van der Waals surface area contributed by atoms with Crippen molar-refractivity contribution < 1.29 is 27.2 Å². The van der Waals surface area contributed by atoms with Crippen molar-refractivity contribution in [2.45, 2.75) is 4.90 Å². The number of imide groups is 1. The zero-order valence-corrected chi connectivity index (χ0v) is 15.7. The summed E-state index contributed by atoms with van der Waals surface area (Å²) in [7, 11) is -4.00. The SMILES string of the molecule is NC(=O)c1oc2ccccc2c1C(=O)NC(=O)CS(=O)(=O)c1ccc(Cl)cc1. The van der Waals surface area contributed by atoms with Crippen LogP contribution in [0.15, 0.2) is 57.8 Å². The molecule has 0 aliphatic heterocycles. The number of nitrogens with two attached hydrogens (primary N) is 1. The second kappa shape index (κ2) is 7.45. The number of hydrogen-bond acceptors (Lipinski definition) is 6. The van der Waals surface area contributed by atoms with Gasteiger partial charge in [0.1, 0.15) is 11.3 Å². The summed E-state index contributed by atoms with van der Waals surface area (Å²) >= 11 is 5.72. The Labute approximate surface area is 164 Å². The second-order valence-electron chi connectivity index (χ2n) is 5.76. The van der Waals surface area contributed by atoms with E-state index in [9.17, 15) is 22.8 Å². The van der Waals surface area contributed by atoms with E-state index in [0.717, 1.165) is 0 Å². The van der Waals surface area contributed by atoms with Crippen LogP contribution in [0.1, 0.15) is 20.9 Å². The molecule has 0 aliphatic carbocycles. The molecule has 10 heteroatoms. The van der Waals surface area contributed by atoms with Gasteiger partial charge in [0.25, 0.3) is 11.8 Å². The summed E-state index contributed by atoms with van der Waals surface area (Å²) in [4.78, 5) is 36.1. The lowest BCUT2D eigenvalue weighted by molar-refractivity contribution is -0.117. The van der Waals surface area contributed by atoms with Crippen LogP contribution in [0.25, 0.3) is 11.0 Å². The van der Waals surface area contributed by atoms with Crippen LogP contribution in [0, 0.1) is 0 Å². The Kier molecular flexibility index (Phi) is 5.21. The molecule has 3 N–H and O–H groups in total. The van der Waals surface area contributed by atoms with Crippen LogP contribution in [0.3, 0.4) is 0 Å². The van der Waals surface area contributed by atoms with Crippen molar-refractivity contribution >= 4 is 50.1 Å². The Morgan fingerprint density at radius 3 is 2.32 bits per heavy atom. The summed E-state index contributed by atoms with van der Waals surface area (Å²) < 4.78 is 29.9. The maximum absolute atomic E-state index is 12.5. The Bertz CT molecular complexity index is 1200. The number of fused-ring (bicyclic) bond motifs is 1. The topological polar surface area (TPSA) is 137 Å². The van der Waals surface area contributed by atoms with Gasteiger partial charge in [0.05, 0.1) is 10.5 Å². The fourth-order valence-electron chi connectivity index (χ4n) is 2.57. The zero-order valence-electron chi connectivity index (χ0n) is 14.1. The summed E-state index contributed by atoms with van der Waals surface area (Å²) in [5.41, 5.74) is 5.22. The number of halogens is 1. The molecule has 0 aliphatic rings. The van der Waals surface area contributed by atoms with E-state index in [1.165, 1.54) is 36.4 Å². The van der Waals surface area contributed by atoms with Crippen molar-refractivity contribution in [3.05, 3.63) is 64.9 Å². The number of nitrogens with one attached hydrogen (secondary N) is 1. The van der Waals surface area contributed by atoms with E-state index >= 15 is 0 Å². The molecule has 2 aromatic carbocycles. The van der Waals surface area contributed by atoms with E-state index < -0.39 is 39.1 Å². The molecule has 1 aromatic heterocycles. The number of rotatable bonds is 5. The highest BCUT2D eigenvalue weighted by Crippen LogP contribution is 2.25. The summed E-state index contributed by atoms with van der Waals surface area (Å²) in [6.07, 6.45) is 0. The minimum absolute atomic E-state index is 0.119. The normalized spacial score (nSPS) is 11.3. The van der Waals surface area contributed by atoms with Crippen molar-refractivity contribution in [1.82, 2.24) is 5.32 Å². The highest BCUT2D eigenvalue weighted by molar-refractivity contribution is 7.92. The molecule has 0 saturated carbocycles. The number of benzene rings is 2. The largest absolute Gasteiger partial charge is 0.450 e. The van der Waals surface area contributed by atoms with Crippen LogP contribution in [-0.2, 0) is 14.6 Å². The molecular weight excluding hydrogens is 408 g/mol. The van der Waals surface area contributed by atoms with Gasteiger partial charge in [0, 0.05) is 10.4 Å². The van der Waals surface area contributed by atoms with Crippen LogP contribution in [-0.4, -0.2) is 31.9 Å². The first-order valence-corrected chi connectivity index (χ1v) is 9.86. The number of furan rings is 1. The predicted octanol–water partition coefficient (Wildman–Crippen LogP) is 1.92. The average Bonchev–Trinajstić information content (AvgIpc) is 3.01. The molecule has 28 heavy (non-hydrogen) atoms. The van der Waals surface area contributed by atoms with Crippen LogP contribution in [0.2, 0.25) is 5.02 Å². The molecule has 3 rings (SSSR count). The van der Waals surface area contributed by atoms with E-state index in [2.05, 4.69) is 0 Å². The highest BCUT2D eigenvalue weighted by Gasteiger charge is 2.27. The van der Waals surface area contributed by atoms with E-state index in [4.69, 9.17) is 21.8 Å². The maximum atomic E-state index is 12.5. The maximum Gasteiger partial charge on any atom is 0.285 e. The van der Waals surface area contributed by atoms with Gasteiger partial charge in [-0.25, -0.2) is 8.42 Å². The smallest absolute Gasteiger partial charge is 0.285 e. The molecule has 0 radical (unpaired) electrons. The van der Waals surface area contributed by atoms with Gasteiger partial charge in [-0.15, -0.1) is 0 Å². The zero-order chi connectivity index (χ0) is 20.5. The molecule has 0 saturated heterocycles. The first-order valence-electron chi connectivity index (χ1n) is 7.83. The van der Waals surface area contributed by atoms with Crippen molar-refractivity contribution in [2.24, 2.45) is 5.73 Å². The van der Waals surface area contributed by atoms with Gasteiger partial charge in [-0.05, 0) is 30.3 Å². The van der Waals surface area contributed by atoms with E-state index in [0.29, 0.717) is 5.02 Å². The summed E-state index contributed by atoms with van der Waals surface area (Å²) in [6, 6.07) is 11.5. The number of hydrogen-bond donors (Lipinski definition) is 2. The third-order valence-corrected chi connectivity index (χ3v) is 5.68. The molecule has 3 amide bonds. The van der Waals surface area contributed by atoms with Gasteiger partial charge >= 0.3 is 0 Å². The fraction of sp³-hybridized carbons (Fsp3) is 0.0556. The quantitative estimate of drug-likeness (QED) is 0.646. The third kappa shape index (κ3) is 3.90. The van der Waals surface area contributed by atoms with Crippen LogP contribution in [0.4, 0.5) is 0 Å². The number of primary amides is 1. The molecular formula is C18H13ClN2O6S. The first-order chi connectivity index (χ1) is 13.2.